The molecule has 0 aromatic carbocycles. The van der Waals surface area contributed by atoms with Crippen LogP contribution in [0.25, 0.3) is 0 Å². The van der Waals surface area contributed by atoms with E-state index in [1.54, 1.807) is 26.0 Å². The third-order valence-corrected chi connectivity index (χ3v) is 12.2. The molecule has 8 nitrogen and oxygen atoms in total. The lowest BCUT2D eigenvalue weighted by atomic mass is 9.59. The monoisotopic (exact) mass is 548 g/mol. The first-order chi connectivity index (χ1) is 18.7. The van der Waals surface area contributed by atoms with Crippen molar-refractivity contribution in [2.45, 2.75) is 65.6 Å². The number of ketones is 2. The topological polar surface area (TPSA) is 127 Å². The number of allylic oxidation sites excluding steroid dienone is 4. The maximum Gasteiger partial charge on any atom is 0.316 e. The van der Waals surface area contributed by atoms with Crippen LogP contribution in [0.15, 0.2) is 45.6 Å². The predicted molar refractivity (Wildman–Crippen MR) is 141 cm³/mol. The summed E-state index contributed by atoms with van der Waals surface area (Å²) in [5.74, 6) is -1.95. The molecule has 10 atom stereocenters. The number of methoxy groups -OCH3 is 2. The molecule has 2 fully saturated rings. The van der Waals surface area contributed by atoms with E-state index in [2.05, 4.69) is 0 Å². The van der Waals surface area contributed by atoms with Gasteiger partial charge in [-0.05, 0) is 74.3 Å². The Morgan fingerprint density at radius 3 is 1.40 bits per heavy atom. The van der Waals surface area contributed by atoms with Crippen molar-refractivity contribution in [2.24, 2.45) is 45.3 Å². The first kappa shape index (κ1) is 26.1. The molecular weight excluding hydrogens is 512 g/mol. The molecule has 0 aromatic heterocycles. The fraction of sp³-hybridized carbons (Fsp3) is 0.625. The number of fused-ring (bicyclic) bond motifs is 6. The molecule has 0 radical (unpaired) electrons. The molecule has 4 bridgehead atoms. The van der Waals surface area contributed by atoms with Crippen LogP contribution < -0.4 is 0 Å². The molecule has 2 saturated carbocycles. The number of hydrogen-bond acceptors (Lipinski definition) is 8. The van der Waals surface area contributed by atoms with E-state index in [4.69, 9.17) is 9.47 Å². The van der Waals surface area contributed by atoms with E-state index in [9.17, 15) is 29.4 Å². The van der Waals surface area contributed by atoms with E-state index in [-0.39, 0.29) is 47.7 Å². The van der Waals surface area contributed by atoms with Crippen molar-refractivity contribution in [3.63, 3.8) is 0 Å². The first-order valence-electron chi connectivity index (χ1n) is 14.2. The number of carbonyl (C=O) groups excluding carboxylic acids is 4. The van der Waals surface area contributed by atoms with Gasteiger partial charge in [0, 0.05) is 22.0 Å². The Labute approximate surface area is 233 Å². The van der Waals surface area contributed by atoms with Crippen molar-refractivity contribution in [3.8, 4) is 0 Å². The van der Waals surface area contributed by atoms with E-state index >= 15 is 0 Å². The quantitative estimate of drug-likeness (QED) is 0.505. The summed E-state index contributed by atoms with van der Waals surface area (Å²) in [7, 11) is 2.60. The molecule has 0 unspecified atom stereocenters. The number of aliphatic hydroxyl groups excluding tert-OH is 2. The fourth-order valence-electron chi connectivity index (χ4n) is 9.53. The van der Waals surface area contributed by atoms with Gasteiger partial charge in [0.2, 0.25) is 0 Å². The molecule has 212 valence electrons. The SMILES string of the molecule is COC(=O)[C@]1(C)CC2=C3C=C(C(=O)[C@H](O)[C@@]3(C)[C@@H]3C[C@H]23)[C@](C)(C(=O)OC)CC2=C3C=C1C(=O)[C@H](O)[C@@]3(C)[C@@H]1C[C@H]21. The summed E-state index contributed by atoms with van der Waals surface area (Å²) in [6, 6.07) is 0. The minimum Gasteiger partial charge on any atom is -0.468 e. The van der Waals surface area contributed by atoms with Crippen LogP contribution in [0.5, 0.6) is 0 Å². The summed E-state index contributed by atoms with van der Waals surface area (Å²) < 4.78 is 10.6. The van der Waals surface area contributed by atoms with Crippen LogP contribution in [0.1, 0.15) is 53.4 Å². The third kappa shape index (κ3) is 2.70. The highest BCUT2D eigenvalue weighted by molar-refractivity contribution is 6.09. The number of esters is 2. The number of aliphatic hydroxyl groups is 2. The average molecular weight is 549 g/mol. The number of hydrogen-bond donors (Lipinski definition) is 2. The average Bonchev–Trinajstić information content (AvgIpc) is 3.84. The molecule has 0 aromatic rings. The Morgan fingerprint density at radius 2 is 1.07 bits per heavy atom. The number of carbonyl (C=O) groups is 4. The Kier molecular flexibility index (Phi) is 4.90. The molecular formula is C32H36O8. The van der Waals surface area contributed by atoms with Gasteiger partial charge in [-0.25, -0.2) is 0 Å². The number of rotatable bonds is 2. The molecule has 7 aliphatic rings. The molecule has 40 heavy (non-hydrogen) atoms. The summed E-state index contributed by atoms with van der Waals surface area (Å²) in [6.45, 7) is 7.18. The second-order valence-corrected chi connectivity index (χ2v) is 14.0. The van der Waals surface area contributed by atoms with Gasteiger partial charge in [-0.3, -0.25) is 19.2 Å². The van der Waals surface area contributed by atoms with Crippen molar-refractivity contribution < 1.29 is 38.9 Å². The van der Waals surface area contributed by atoms with Crippen molar-refractivity contribution in [2.75, 3.05) is 14.2 Å². The molecule has 8 heteroatoms. The van der Waals surface area contributed by atoms with Crippen LogP contribution in [0.2, 0.25) is 0 Å². The zero-order valence-corrected chi connectivity index (χ0v) is 23.8. The smallest absolute Gasteiger partial charge is 0.316 e. The lowest BCUT2D eigenvalue weighted by Crippen LogP contribution is -2.50. The molecule has 0 amide bonds. The van der Waals surface area contributed by atoms with Gasteiger partial charge in [0.15, 0.2) is 11.6 Å². The summed E-state index contributed by atoms with van der Waals surface area (Å²) >= 11 is 0. The predicted octanol–water partition coefficient (Wildman–Crippen LogP) is 2.78. The first-order valence-corrected chi connectivity index (χ1v) is 14.2. The van der Waals surface area contributed by atoms with Gasteiger partial charge >= 0.3 is 11.9 Å². The lowest BCUT2D eigenvalue weighted by molar-refractivity contribution is -0.151. The minimum atomic E-state index is -1.38. The van der Waals surface area contributed by atoms with Gasteiger partial charge < -0.3 is 19.7 Å². The van der Waals surface area contributed by atoms with Gasteiger partial charge in [0.25, 0.3) is 0 Å². The summed E-state index contributed by atoms with van der Waals surface area (Å²) in [5, 5.41) is 23.2. The van der Waals surface area contributed by atoms with E-state index < -0.39 is 57.4 Å². The van der Waals surface area contributed by atoms with Gasteiger partial charge in [-0.2, -0.15) is 0 Å². The van der Waals surface area contributed by atoms with E-state index in [1.807, 2.05) is 13.8 Å². The molecule has 7 rings (SSSR count). The maximum atomic E-state index is 14.0. The van der Waals surface area contributed by atoms with Gasteiger partial charge in [-0.1, -0.05) is 37.1 Å². The van der Waals surface area contributed by atoms with Crippen LogP contribution >= 0.6 is 0 Å². The van der Waals surface area contributed by atoms with Crippen LogP contribution in [-0.2, 0) is 28.7 Å². The number of ether oxygens (including phenoxy) is 2. The second kappa shape index (κ2) is 7.51. The molecule has 0 spiro atoms. The maximum absolute atomic E-state index is 14.0. The van der Waals surface area contributed by atoms with Gasteiger partial charge in [0.05, 0.1) is 25.0 Å². The molecule has 7 aliphatic carbocycles. The van der Waals surface area contributed by atoms with E-state index in [0.717, 1.165) is 35.1 Å². The summed E-state index contributed by atoms with van der Waals surface area (Å²) in [5.41, 5.74) is -0.725. The zero-order valence-electron chi connectivity index (χ0n) is 23.8. The molecule has 0 saturated heterocycles. The van der Waals surface area contributed by atoms with Crippen molar-refractivity contribution in [3.05, 3.63) is 45.6 Å². The highest BCUT2D eigenvalue weighted by atomic mass is 16.5. The highest BCUT2D eigenvalue weighted by Crippen LogP contribution is 2.73. The Morgan fingerprint density at radius 1 is 0.725 bits per heavy atom. The third-order valence-electron chi connectivity index (χ3n) is 12.2. The summed E-state index contributed by atoms with van der Waals surface area (Å²) in [6.07, 6.45) is 2.74. The van der Waals surface area contributed by atoms with Gasteiger partial charge in [-0.15, -0.1) is 0 Å². The van der Waals surface area contributed by atoms with Crippen LogP contribution in [0, 0.1) is 45.3 Å². The van der Waals surface area contributed by atoms with Gasteiger partial charge in [0.1, 0.15) is 12.2 Å². The Bertz CT molecular complexity index is 1370. The largest absolute Gasteiger partial charge is 0.468 e. The number of Topliss-reactive ketones (excluding diaryl/α,β-unsaturated/α-hetero) is 2. The van der Waals surface area contributed by atoms with Crippen LogP contribution in [0.4, 0.5) is 0 Å². The molecule has 0 aliphatic heterocycles. The second-order valence-electron chi connectivity index (χ2n) is 14.0. The van der Waals surface area contributed by atoms with Crippen molar-refractivity contribution in [1.29, 1.82) is 0 Å². The van der Waals surface area contributed by atoms with Crippen LogP contribution in [-0.4, -0.2) is 60.1 Å². The lowest BCUT2D eigenvalue weighted by Gasteiger charge is -2.44. The fourth-order valence-corrected chi connectivity index (χ4v) is 9.53. The minimum absolute atomic E-state index is 0.0194. The highest BCUT2D eigenvalue weighted by Gasteiger charge is 2.70. The van der Waals surface area contributed by atoms with E-state index in [1.165, 1.54) is 14.2 Å². The van der Waals surface area contributed by atoms with Crippen molar-refractivity contribution in [1.82, 2.24) is 0 Å². The standard InChI is InChI=1S/C32H36O8/c1-29(27(37)39-5)11-15-13-7-17(13)32(4)20(15)10-22(24(34)26(32)36)30(2,28(38)40-6)12-16-14-8-18(14)31(3)19(16)9-21(29)23(33)25(31)35/h9-10,13-14,17-18,25-26,35-36H,7-8,11-12H2,1-6H3/t13-,14-,17-,18-,25+,26+,29-,30-,31+,32+/m1/s1. The summed E-state index contributed by atoms with van der Waals surface area (Å²) in [4.78, 5) is 55.1. The normalized spacial score (nSPS) is 47.9. The molecule has 2 N–H and O–H groups in total. The zero-order chi connectivity index (χ0) is 28.9. The Hall–Kier alpha value is -2.84. The van der Waals surface area contributed by atoms with Crippen LogP contribution in [0.3, 0.4) is 0 Å². The van der Waals surface area contributed by atoms with Crippen molar-refractivity contribution >= 4 is 23.5 Å². The Balaban J connectivity index is 1.57. The van der Waals surface area contributed by atoms with E-state index in [0.29, 0.717) is 0 Å². The molecule has 0 heterocycles.